The van der Waals surface area contributed by atoms with Crippen LogP contribution < -0.4 is 10.6 Å². The fourth-order valence-electron chi connectivity index (χ4n) is 3.06. The van der Waals surface area contributed by atoms with E-state index in [1.54, 1.807) is 6.20 Å². The van der Waals surface area contributed by atoms with Gasteiger partial charge in [0.25, 0.3) is 5.91 Å². The van der Waals surface area contributed by atoms with Crippen LogP contribution in [0.5, 0.6) is 0 Å². The van der Waals surface area contributed by atoms with E-state index in [0.29, 0.717) is 0 Å². The summed E-state index contributed by atoms with van der Waals surface area (Å²) in [6.07, 6.45) is 3.75. The SMILES string of the molecule is Cc1cc(C(=O)NC2CCNCC2)c(C)n1-c1ccccn1.Cl.Cl. The first kappa shape index (κ1) is 20.5. The Balaban J connectivity index is 0.00000144. The Morgan fingerprint density at radius 2 is 1.96 bits per heavy atom. The topological polar surface area (TPSA) is 59.0 Å². The lowest BCUT2D eigenvalue weighted by Gasteiger charge is -2.23. The maximum Gasteiger partial charge on any atom is 0.253 e. The molecule has 132 valence electrons. The Morgan fingerprint density at radius 1 is 1.25 bits per heavy atom. The van der Waals surface area contributed by atoms with Gasteiger partial charge in [0.05, 0.1) is 5.56 Å². The van der Waals surface area contributed by atoms with Gasteiger partial charge in [-0.15, -0.1) is 24.8 Å². The molecule has 0 aliphatic carbocycles. The van der Waals surface area contributed by atoms with Crippen LogP contribution in [-0.2, 0) is 0 Å². The zero-order valence-electron chi connectivity index (χ0n) is 13.9. The fraction of sp³-hybridized carbons (Fsp3) is 0.412. The number of nitrogens with one attached hydrogen (secondary N) is 2. The molecule has 0 bridgehead atoms. The van der Waals surface area contributed by atoms with Gasteiger partial charge in [0, 0.05) is 23.6 Å². The Labute approximate surface area is 155 Å². The van der Waals surface area contributed by atoms with Crippen LogP contribution in [0.1, 0.15) is 34.6 Å². The molecule has 0 aromatic carbocycles. The minimum Gasteiger partial charge on any atom is -0.349 e. The van der Waals surface area contributed by atoms with Crippen LogP contribution in [0.4, 0.5) is 0 Å². The first-order valence-electron chi connectivity index (χ1n) is 7.79. The minimum atomic E-state index is 0. The summed E-state index contributed by atoms with van der Waals surface area (Å²) >= 11 is 0. The van der Waals surface area contributed by atoms with Crippen molar-refractivity contribution in [3.63, 3.8) is 0 Å². The van der Waals surface area contributed by atoms with Gasteiger partial charge in [-0.05, 0) is 58.0 Å². The second-order valence-corrected chi connectivity index (χ2v) is 5.81. The minimum absolute atomic E-state index is 0. The number of pyridine rings is 1. The number of amides is 1. The van der Waals surface area contributed by atoms with E-state index in [1.807, 2.05) is 42.7 Å². The molecule has 0 atom stereocenters. The molecule has 2 aromatic rings. The van der Waals surface area contributed by atoms with Gasteiger partial charge in [0.15, 0.2) is 0 Å². The molecule has 1 fully saturated rings. The highest BCUT2D eigenvalue weighted by atomic mass is 35.5. The van der Waals surface area contributed by atoms with Crippen LogP contribution >= 0.6 is 24.8 Å². The van der Waals surface area contributed by atoms with Gasteiger partial charge in [-0.25, -0.2) is 4.98 Å². The third-order valence-electron chi connectivity index (χ3n) is 4.23. The van der Waals surface area contributed by atoms with Crippen LogP contribution in [0.15, 0.2) is 30.5 Å². The second kappa shape index (κ2) is 9.06. The lowest BCUT2D eigenvalue weighted by Crippen LogP contribution is -2.42. The van der Waals surface area contributed by atoms with E-state index in [0.717, 1.165) is 48.7 Å². The van der Waals surface area contributed by atoms with E-state index in [4.69, 9.17) is 0 Å². The van der Waals surface area contributed by atoms with Gasteiger partial charge in [-0.3, -0.25) is 4.79 Å². The van der Waals surface area contributed by atoms with Crippen LogP contribution in [0.3, 0.4) is 0 Å². The highest BCUT2D eigenvalue weighted by Gasteiger charge is 2.20. The van der Waals surface area contributed by atoms with Crippen molar-refractivity contribution in [3.8, 4) is 5.82 Å². The molecule has 0 radical (unpaired) electrons. The van der Waals surface area contributed by atoms with Crippen LogP contribution in [0, 0.1) is 13.8 Å². The molecule has 3 rings (SSSR count). The summed E-state index contributed by atoms with van der Waals surface area (Å²) in [5.41, 5.74) is 2.69. The number of hydrogen-bond donors (Lipinski definition) is 2. The van der Waals surface area contributed by atoms with Gasteiger partial charge < -0.3 is 15.2 Å². The molecular weight excluding hydrogens is 347 g/mol. The fourth-order valence-corrected chi connectivity index (χ4v) is 3.06. The predicted octanol–water partition coefficient (Wildman–Crippen LogP) is 2.81. The maximum atomic E-state index is 12.6. The lowest BCUT2D eigenvalue weighted by atomic mass is 10.1. The summed E-state index contributed by atoms with van der Waals surface area (Å²) in [6.45, 7) is 5.91. The van der Waals surface area contributed by atoms with E-state index >= 15 is 0 Å². The average molecular weight is 371 g/mol. The van der Waals surface area contributed by atoms with Crippen molar-refractivity contribution in [2.24, 2.45) is 0 Å². The molecule has 1 saturated heterocycles. The lowest BCUT2D eigenvalue weighted by molar-refractivity contribution is 0.0929. The predicted molar refractivity (Wildman–Crippen MR) is 101 cm³/mol. The standard InChI is InChI=1S/C17H22N4O.2ClH/c1-12-11-15(17(22)20-14-6-9-18-10-7-14)13(2)21(12)16-5-3-4-8-19-16;;/h3-5,8,11,14,18H,6-7,9-10H2,1-2H3,(H,20,22);2*1H. The third-order valence-corrected chi connectivity index (χ3v) is 4.23. The van der Waals surface area contributed by atoms with Gasteiger partial charge in [0.1, 0.15) is 5.82 Å². The average Bonchev–Trinajstić information content (AvgIpc) is 2.84. The Bertz CT molecular complexity index is 667. The zero-order valence-corrected chi connectivity index (χ0v) is 15.5. The number of aromatic nitrogens is 2. The number of carbonyl (C=O) groups excluding carboxylic acids is 1. The molecule has 1 aliphatic heterocycles. The molecule has 2 N–H and O–H groups in total. The normalized spacial score (nSPS) is 14.4. The summed E-state index contributed by atoms with van der Waals surface area (Å²) in [7, 11) is 0. The van der Waals surface area contributed by atoms with Gasteiger partial charge >= 0.3 is 0 Å². The Morgan fingerprint density at radius 3 is 2.58 bits per heavy atom. The number of halogens is 2. The summed E-state index contributed by atoms with van der Waals surface area (Å²) in [6, 6.07) is 8.01. The summed E-state index contributed by atoms with van der Waals surface area (Å²) in [4.78, 5) is 16.9. The van der Waals surface area contributed by atoms with Crippen molar-refractivity contribution in [3.05, 3.63) is 47.4 Å². The molecule has 7 heteroatoms. The first-order valence-corrected chi connectivity index (χ1v) is 7.79. The molecular formula is C17H24Cl2N4O. The van der Waals surface area contributed by atoms with E-state index in [2.05, 4.69) is 15.6 Å². The maximum absolute atomic E-state index is 12.6. The van der Waals surface area contributed by atoms with Crippen LogP contribution in [-0.4, -0.2) is 34.6 Å². The van der Waals surface area contributed by atoms with Crippen molar-refractivity contribution in [2.75, 3.05) is 13.1 Å². The number of nitrogens with zero attached hydrogens (tertiary/aromatic N) is 2. The van der Waals surface area contributed by atoms with Crippen LogP contribution in [0.2, 0.25) is 0 Å². The largest absolute Gasteiger partial charge is 0.349 e. The highest BCUT2D eigenvalue weighted by molar-refractivity contribution is 5.96. The highest BCUT2D eigenvalue weighted by Crippen LogP contribution is 2.19. The number of hydrogen-bond acceptors (Lipinski definition) is 3. The Kier molecular flexibility index (Phi) is 7.73. The van der Waals surface area contributed by atoms with E-state index in [-0.39, 0.29) is 36.8 Å². The first-order chi connectivity index (χ1) is 10.7. The van der Waals surface area contributed by atoms with Gasteiger partial charge in [-0.2, -0.15) is 0 Å². The smallest absolute Gasteiger partial charge is 0.253 e. The molecule has 1 aliphatic rings. The monoisotopic (exact) mass is 370 g/mol. The van der Waals surface area contributed by atoms with Crippen molar-refractivity contribution in [1.29, 1.82) is 0 Å². The van der Waals surface area contributed by atoms with Crippen molar-refractivity contribution < 1.29 is 4.79 Å². The van der Waals surface area contributed by atoms with Gasteiger partial charge in [-0.1, -0.05) is 6.07 Å². The van der Waals surface area contributed by atoms with Crippen LogP contribution in [0.25, 0.3) is 5.82 Å². The molecule has 2 aromatic heterocycles. The van der Waals surface area contributed by atoms with E-state index in [9.17, 15) is 4.79 Å². The molecule has 0 saturated carbocycles. The number of piperidine rings is 1. The second-order valence-electron chi connectivity index (χ2n) is 5.81. The summed E-state index contributed by atoms with van der Waals surface area (Å²) in [5.74, 6) is 0.862. The van der Waals surface area contributed by atoms with Crippen molar-refractivity contribution in [2.45, 2.75) is 32.7 Å². The van der Waals surface area contributed by atoms with Gasteiger partial charge in [0.2, 0.25) is 0 Å². The number of carbonyl (C=O) groups is 1. The van der Waals surface area contributed by atoms with E-state index < -0.39 is 0 Å². The summed E-state index contributed by atoms with van der Waals surface area (Å²) in [5, 5.41) is 6.47. The van der Waals surface area contributed by atoms with Crippen molar-refractivity contribution >= 4 is 30.7 Å². The zero-order chi connectivity index (χ0) is 15.5. The number of aryl methyl sites for hydroxylation is 1. The number of rotatable bonds is 3. The molecule has 3 heterocycles. The van der Waals surface area contributed by atoms with E-state index in [1.165, 1.54) is 0 Å². The molecule has 24 heavy (non-hydrogen) atoms. The quantitative estimate of drug-likeness (QED) is 0.872. The third kappa shape index (κ3) is 4.29. The Hall–Kier alpha value is -1.56. The molecule has 1 amide bonds. The summed E-state index contributed by atoms with van der Waals surface area (Å²) < 4.78 is 2.03. The molecule has 5 nitrogen and oxygen atoms in total. The molecule has 0 spiro atoms. The molecule has 0 unspecified atom stereocenters. The van der Waals surface area contributed by atoms with Crippen molar-refractivity contribution in [1.82, 2.24) is 20.2 Å².